The van der Waals surface area contributed by atoms with Gasteiger partial charge >= 0.3 is 0 Å². The molecule has 37 heavy (non-hydrogen) atoms. The molecule has 4 aliphatic carbocycles. The molecule has 0 radical (unpaired) electrons. The fraction of sp³-hybridized carbons (Fsp3) is 0.719. The number of Topliss-reactive ketones (excluding diaryl/α,β-unsaturated/α-hetero) is 1. The third-order valence-electron chi connectivity index (χ3n) is 12.3. The van der Waals surface area contributed by atoms with Crippen LogP contribution in [0.5, 0.6) is 11.5 Å². The molecule has 0 saturated heterocycles. The van der Waals surface area contributed by atoms with E-state index >= 15 is 0 Å². The Kier molecular flexibility index (Phi) is 6.24. The lowest BCUT2D eigenvalue weighted by atomic mass is 9.34. The normalized spacial score (nSPS) is 42.6. The third kappa shape index (κ3) is 3.55. The number of carbonyl (C=O) groups is 1. The largest absolute Gasteiger partial charge is 0.504 e. The van der Waals surface area contributed by atoms with Gasteiger partial charge in [0, 0.05) is 28.4 Å². The molecule has 4 nitrogen and oxygen atoms in total. The van der Waals surface area contributed by atoms with E-state index < -0.39 is 0 Å². The van der Waals surface area contributed by atoms with Crippen LogP contribution >= 0.6 is 11.8 Å². The molecule has 0 spiro atoms. The van der Waals surface area contributed by atoms with Crippen molar-refractivity contribution in [2.45, 2.75) is 104 Å². The van der Waals surface area contributed by atoms with Crippen LogP contribution in [0.15, 0.2) is 17.7 Å². The summed E-state index contributed by atoms with van der Waals surface area (Å²) in [6.45, 7) is 16.5. The van der Waals surface area contributed by atoms with Crippen molar-refractivity contribution in [2.24, 2.45) is 33.3 Å². The Labute approximate surface area is 227 Å². The lowest BCUT2D eigenvalue weighted by molar-refractivity contribution is -0.165. The summed E-state index contributed by atoms with van der Waals surface area (Å²) in [7, 11) is 0. The Morgan fingerprint density at radius 2 is 1.73 bits per heavy atom. The summed E-state index contributed by atoms with van der Waals surface area (Å²) in [6, 6.07) is 1.85. The number of allylic oxidation sites excluding steroid dienone is 1. The Bertz CT molecular complexity index is 1180. The van der Waals surface area contributed by atoms with Crippen molar-refractivity contribution >= 4 is 17.5 Å². The molecule has 5 heteroatoms. The highest BCUT2D eigenvalue weighted by molar-refractivity contribution is 7.99. The fourth-order valence-corrected chi connectivity index (χ4v) is 10.4. The molecule has 7 atom stereocenters. The van der Waals surface area contributed by atoms with Crippen molar-refractivity contribution < 1.29 is 15.0 Å². The number of ketones is 1. The van der Waals surface area contributed by atoms with Crippen LogP contribution in [0.2, 0.25) is 0 Å². The monoisotopic (exact) mass is 525 g/mol. The number of phenols is 2. The lowest BCUT2D eigenvalue weighted by Crippen LogP contribution is -2.62. The molecule has 4 N–H and O–H groups in total. The number of hydrogen-bond donors (Lipinski definition) is 3. The Morgan fingerprint density at radius 1 is 1.05 bits per heavy atom. The van der Waals surface area contributed by atoms with E-state index in [1.165, 1.54) is 17.6 Å². The SMILES string of the molecule is CC(=O)[C@]1(C)CC[C@]2(C)CC[C@]3(C)C4=CC(SCCN)c5c(cc(O)c(O)c5C)[C@]4(C)CC[C@@]3(C)[C@@H]2C1. The maximum Gasteiger partial charge on any atom is 0.160 e. The minimum Gasteiger partial charge on any atom is -0.504 e. The summed E-state index contributed by atoms with van der Waals surface area (Å²) in [6.07, 6.45) is 10.1. The van der Waals surface area contributed by atoms with E-state index in [4.69, 9.17) is 5.73 Å². The Balaban J connectivity index is 1.68. The molecule has 204 valence electrons. The van der Waals surface area contributed by atoms with E-state index in [2.05, 4.69) is 40.7 Å². The third-order valence-corrected chi connectivity index (χ3v) is 13.5. The van der Waals surface area contributed by atoms with E-state index in [1.807, 2.05) is 24.8 Å². The zero-order chi connectivity index (χ0) is 27.2. The van der Waals surface area contributed by atoms with Crippen LogP contribution in [-0.2, 0) is 10.2 Å². The summed E-state index contributed by atoms with van der Waals surface area (Å²) in [5, 5.41) is 21.5. The van der Waals surface area contributed by atoms with Gasteiger partial charge in [-0.3, -0.25) is 4.79 Å². The summed E-state index contributed by atoms with van der Waals surface area (Å²) in [4.78, 5) is 12.8. The first-order valence-corrected chi connectivity index (χ1v) is 15.3. The van der Waals surface area contributed by atoms with E-state index in [1.54, 1.807) is 6.92 Å². The topological polar surface area (TPSA) is 83.6 Å². The van der Waals surface area contributed by atoms with E-state index in [-0.39, 0.29) is 43.8 Å². The molecular weight excluding hydrogens is 478 g/mol. The standard InChI is InChI=1S/C32H47NO3S/c1-19-26-21(16-22(35)27(19)36)30(5)11-13-32(7)25-18-29(4,20(2)34)9-8-28(25,3)10-12-31(32,6)24(30)17-23(26)37-15-14-33/h16-17,23,25,35-36H,8-15,18,33H2,1-7H3/t23?,25-,28-,29-,30+,31-,32+/m1/s1. The molecule has 0 heterocycles. The van der Waals surface area contributed by atoms with Crippen LogP contribution in [0.3, 0.4) is 0 Å². The van der Waals surface area contributed by atoms with Crippen LogP contribution < -0.4 is 5.73 Å². The fourth-order valence-electron chi connectivity index (χ4n) is 9.34. The van der Waals surface area contributed by atoms with Gasteiger partial charge in [-0.15, -0.1) is 11.8 Å². The highest BCUT2D eigenvalue weighted by atomic mass is 32.2. The van der Waals surface area contributed by atoms with Crippen molar-refractivity contribution in [3.05, 3.63) is 34.4 Å². The molecule has 0 aliphatic heterocycles. The zero-order valence-electron chi connectivity index (χ0n) is 24.0. The minimum atomic E-state index is -0.223. The number of aromatic hydroxyl groups is 2. The first-order valence-electron chi connectivity index (χ1n) is 14.3. The number of fused-ring (bicyclic) bond motifs is 7. The van der Waals surface area contributed by atoms with Crippen LogP contribution in [0.4, 0.5) is 0 Å². The summed E-state index contributed by atoms with van der Waals surface area (Å²) in [5.74, 6) is 1.68. The van der Waals surface area contributed by atoms with Gasteiger partial charge in [-0.05, 0) is 104 Å². The summed E-state index contributed by atoms with van der Waals surface area (Å²) >= 11 is 1.85. The van der Waals surface area contributed by atoms with E-state index in [0.29, 0.717) is 18.2 Å². The second-order valence-corrected chi connectivity index (χ2v) is 15.3. The van der Waals surface area contributed by atoms with Crippen molar-refractivity contribution in [1.29, 1.82) is 0 Å². The molecule has 4 aliphatic rings. The highest BCUT2D eigenvalue weighted by Crippen LogP contribution is 2.75. The number of rotatable bonds is 4. The van der Waals surface area contributed by atoms with E-state index in [9.17, 15) is 15.0 Å². The second kappa shape index (κ2) is 8.52. The van der Waals surface area contributed by atoms with Gasteiger partial charge in [0.05, 0.1) is 0 Å². The van der Waals surface area contributed by atoms with Crippen LogP contribution in [-0.4, -0.2) is 28.3 Å². The van der Waals surface area contributed by atoms with Crippen LogP contribution in [0.25, 0.3) is 0 Å². The summed E-state index contributed by atoms with van der Waals surface area (Å²) < 4.78 is 0. The molecular formula is C32H47NO3S. The Morgan fingerprint density at radius 3 is 2.38 bits per heavy atom. The first kappa shape index (κ1) is 27.1. The smallest absolute Gasteiger partial charge is 0.160 e. The minimum absolute atomic E-state index is 0.000158. The van der Waals surface area contributed by atoms with Gasteiger partial charge in [0.25, 0.3) is 0 Å². The predicted octanol–water partition coefficient (Wildman–Crippen LogP) is 7.34. The number of thioether (sulfide) groups is 1. The van der Waals surface area contributed by atoms with Crippen molar-refractivity contribution in [2.75, 3.05) is 12.3 Å². The number of nitrogens with two attached hydrogens (primary N) is 1. The maximum atomic E-state index is 12.8. The number of hydrogen-bond acceptors (Lipinski definition) is 5. The molecule has 0 bridgehead atoms. The van der Waals surface area contributed by atoms with Crippen molar-refractivity contribution in [3.63, 3.8) is 0 Å². The first-order chi connectivity index (χ1) is 17.2. The van der Waals surface area contributed by atoms with Gasteiger partial charge < -0.3 is 15.9 Å². The van der Waals surface area contributed by atoms with Gasteiger partial charge in [-0.2, -0.15) is 0 Å². The zero-order valence-corrected chi connectivity index (χ0v) is 24.8. The van der Waals surface area contributed by atoms with Gasteiger partial charge in [0.1, 0.15) is 5.78 Å². The quantitative estimate of drug-likeness (QED) is 0.283. The number of benzene rings is 1. The van der Waals surface area contributed by atoms with Gasteiger partial charge in [0.2, 0.25) is 0 Å². The molecule has 1 aromatic rings. The number of phenolic OH excluding ortho intramolecular Hbond substituents is 2. The van der Waals surface area contributed by atoms with Crippen molar-refractivity contribution in [3.8, 4) is 11.5 Å². The Hall–Kier alpha value is -1.46. The van der Waals surface area contributed by atoms with Gasteiger partial charge in [-0.25, -0.2) is 0 Å². The van der Waals surface area contributed by atoms with Crippen LogP contribution in [0, 0.1) is 34.5 Å². The number of carbonyl (C=O) groups excluding carboxylic acids is 1. The van der Waals surface area contributed by atoms with Crippen LogP contribution in [0.1, 0.15) is 108 Å². The molecule has 3 fully saturated rings. The molecule has 5 rings (SSSR count). The molecule has 1 unspecified atom stereocenters. The molecule has 3 saturated carbocycles. The predicted molar refractivity (Wildman–Crippen MR) is 153 cm³/mol. The van der Waals surface area contributed by atoms with Gasteiger partial charge in [-0.1, -0.05) is 46.3 Å². The van der Waals surface area contributed by atoms with E-state index in [0.717, 1.165) is 55.4 Å². The highest BCUT2D eigenvalue weighted by Gasteiger charge is 2.67. The average Bonchev–Trinajstić information content (AvgIpc) is 2.84. The molecule has 1 aromatic carbocycles. The van der Waals surface area contributed by atoms with Gasteiger partial charge in [0.15, 0.2) is 11.5 Å². The average molecular weight is 526 g/mol. The molecule has 0 amide bonds. The lowest BCUT2D eigenvalue weighted by Gasteiger charge is -2.70. The molecule has 0 aromatic heterocycles. The van der Waals surface area contributed by atoms with Crippen molar-refractivity contribution in [1.82, 2.24) is 0 Å². The maximum absolute atomic E-state index is 12.8. The summed E-state index contributed by atoms with van der Waals surface area (Å²) in [5.41, 5.74) is 10.6. The second-order valence-electron chi connectivity index (χ2n) is 14.1.